The van der Waals surface area contributed by atoms with E-state index >= 15 is 0 Å². The van der Waals surface area contributed by atoms with Gasteiger partial charge in [-0.05, 0) is 56.7 Å². The summed E-state index contributed by atoms with van der Waals surface area (Å²) in [4.78, 5) is 31.6. The third-order valence-corrected chi connectivity index (χ3v) is 4.81. The van der Waals surface area contributed by atoms with Gasteiger partial charge in [-0.1, -0.05) is 38.5 Å². The number of amides is 1. The van der Waals surface area contributed by atoms with Crippen LogP contribution in [0.4, 0.5) is 0 Å². The Morgan fingerprint density at radius 1 is 1.10 bits per heavy atom. The molecule has 1 aliphatic heterocycles. The molecule has 6 nitrogen and oxygen atoms in total. The molecule has 1 aliphatic rings. The highest BCUT2D eigenvalue weighted by molar-refractivity contribution is 6.23. The molecule has 0 atom stereocenters. The first-order chi connectivity index (χ1) is 13.3. The Labute approximate surface area is 173 Å². The van der Waals surface area contributed by atoms with Crippen LogP contribution in [0.15, 0.2) is 17.9 Å². The number of rotatable bonds is 6. The molecule has 160 valence electrons. The standard InChI is InChI=1S/C23H33NO5/c1-14-10-15(2)18(16(3)11-14)19-20(29-17(25)12-22(4,5)6)23(7,8)24(21(19)26)28-13-27-9/h10-11H,12-13H2,1-9H3. The van der Waals surface area contributed by atoms with Crippen LogP contribution in [-0.4, -0.2) is 36.4 Å². The molecule has 0 aromatic heterocycles. The molecule has 29 heavy (non-hydrogen) atoms. The van der Waals surface area contributed by atoms with E-state index in [9.17, 15) is 9.59 Å². The van der Waals surface area contributed by atoms with Gasteiger partial charge in [-0.25, -0.2) is 9.90 Å². The van der Waals surface area contributed by atoms with Crippen LogP contribution < -0.4 is 0 Å². The van der Waals surface area contributed by atoms with Gasteiger partial charge in [-0.3, -0.25) is 9.59 Å². The van der Waals surface area contributed by atoms with Crippen LogP contribution in [0.3, 0.4) is 0 Å². The quantitative estimate of drug-likeness (QED) is 0.518. The Kier molecular flexibility index (Phi) is 6.60. The van der Waals surface area contributed by atoms with E-state index in [-0.39, 0.29) is 30.5 Å². The zero-order valence-electron chi connectivity index (χ0n) is 19.1. The summed E-state index contributed by atoms with van der Waals surface area (Å²) in [5.41, 5.74) is 2.93. The summed E-state index contributed by atoms with van der Waals surface area (Å²) in [5, 5.41) is 1.24. The van der Waals surface area contributed by atoms with Gasteiger partial charge in [0.1, 0.15) is 11.3 Å². The number of nitrogens with zero attached hydrogens (tertiary/aromatic N) is 1. The van der Waals surface area contributed by atoms with Crippen molar-refractivity contribution in [2.24, 2.45) is 5.41 Å². The van der Waals surface area contributed by atoms with Crippen molar-refractivity contribution in [2.75, 3.05) is 13.9 Å². The lowest BCUT2D eigenvalue weighted by atomic mass is 9.91. The van der Waals surface area contributed by atoms with Crippen LogP contribution >= 0.6 is 0 Å². The van der Waals surface area contributed by atoms with E-state index in [0.29, 0.717) is 11.3 Å². The monoisotopic (exact) mass is 403 g/mol. The average molecular weight is 404 g/mol. The molecule has 6 heteroatoms. The minimum absolute atomic E-state index is 0.0858. The second-order valence-electron chi connectivity index (χ2n) is 9.38. The lowest BCUT2D eigenvalue weighted by Crippen LogP contribution is -2.44. The molecule has 0 aliphatic carbocycles. The fourth-order valence-electron chi connectivity index (χ4n) is 3.73. The Balaban J connectivity index is 2.63. The third kappa shape index (κ3) is 4.87. The van der Waals surface area contributed by atoms with E-state index in [2.05, 4.69) is 0 Å². The lowest BCUT2D eigenvalue weighted by Gasteiger charge is -2.31. The summed E-state index contributed by atoms with van der Waals surface area (Å²) in [6.07, 6.45) is 0.235. The lowest BCUT2D eigenvalue weighted by molar-refractivity contribution is -0.239. The van der Waals surface area contributed by atoms with Crippen LogP contribution in [0, 0.1) is 26.2 Å². The Bertz CT molecular complexity index is 822. The maximum atomic E-state index is 13.4. The second-order valence-corrected chi connectivity index (χ2v) is 9.38. The molecule has 0 saturated carbocycles. The summed E-state index contributed by atoms with van der Waals surface area (Å²) in [6, 6.07) is 4.03. The first-order valence-electron chi connectivity index (χ1n) is 9.79. The zero-order chi connectivity index (χ0) is 22.1. The van der Waals surface area contributed by atoms with Gasteiger partial charge in [-0.2, -0.15) is 0 Å². The van der Waals surface area contributed by atoms with Crippen molar-refractivity contribution in [3.63, 3.8) is 0 Å². The highest BCUT2D eigenvalue weighted by Crippen LogP contribution is 2.43. The first kappa shape index (κ1) is 23.1. The van der Waals surface area contributed by atoms with Gasteiger partial charge in [-0.15, -0.1) is 0 Å². The van der Waals surface area contributed by atoms with E-state index < -0.39 is 5.54 Å². The van der Waals surface area contributed by atoms with Gasteiger partial charge in [0, 0.05) is 7.11 Å². The number of benzene rings is 1. The van der Waals surface area contributed by atoms with Gasteiger partial charge >= 0.3 is 5.97 Å². The van der Waals surface area contributed by atoms with Crippen molar-refractivity contribution >= 4 is 17.4 Å². The normalized spacial score (nSPS) is 16.6. The minimum atomic E-state index is -0.970. The molecule has 1 aromatic rings. The molecule has 0 N–H and O–H groups in total. The second kappa shape index (κ2) is 8.28. The summed E-state index contributed by atoms with van der Waals surface area (Å²) in [6.45, 7) is 15.3. The fourth-order valence-corrected chi connectivity index (χ4v) is 3.73. The van der Waals surface area contributed by atoms with Crippen molar-refractivity contribution in [2.45, 2.75) is 67.3 Å². The van der Waals surface area contributed by atoms with E-state index in [1.807, 2.05) is 53.7 Å². The average Bonchev–Trinajstić information content (AvgIpc) is 2.70. The van der Waals surface area contributed by atoms with E-state index in [1.54, 1.807) is 13.8 Å². The fraction of sp³-hybridized carbons (Fsp3) is 0.565. The number of carbonyl (C=O) groups is 2. The predicted molar refractivity (Wildman–Crippen MR) is 112 cm³/mol. The molecule has 0 bridgehead atoms. The number of ether oxygens (including phenoxy) is 2. The van der Waals surface area contributed by atoms with Crippen LogP contribution in [-0.2, 0) is 23.9 Å². The molecule has 1 heterocycles. The molecule has 0 unspecified atom stereocenters. The highest BCUT2D eigenvalue weighted by atomic mass is 16.8. The number of hydroxylamine groups is 2. The Hall–Kier alpha value is -2.18. The van der Waals surface area contributed by atoms with E-state index in [4.69, 9.17) is 14.3 Å². The number of hydrogen-bond acceptors (Lipinski definition) is 5. The molecule has 0 saturated heterocycles. The van der Waals surface area contributed by atoms with Crippen molar-refractivity contribution in [1.82, 2.24) is 5.06 Å². The van der Waals surface area contributed by atoms with Crippen molar-refractivity contribution < 1.29 is 23.9 Å². The van der Waals surface area contributed by atoms with Crippen LogP contribution in [0.25, 0.3) is 5.57 Å². The molecule has 1 amide bonds. The summed E-state index contributed by atoms with van der Waals surface area (Å²) >= 11 is 0. The van der Waals surface area contributed by atoms with E-state index in [0.717, 1.165) is 22.3 Å². The van der Waals surface area contributed by atoms with Crippen molar-refractivity contribution in [3.8, 4) is 0 Å². The number of aryl methyl sites for hydroxylation is 3. The smallest absolute Gasteiger partial charge is 0.311 e. The number of carbonyl (C=O) groups excluding carboxylic acids is 2. The predicted octanol–water partition coefficient (Wildman–Crippen LogP) is 4.46. The Morgan fingerprint density at radius 2 is 1.66 bits per heavy atom. The molecular formula is C23H33NO5. The van der Waals surface area contributed by atoms with Crippen molar-refractivity contribution in [1.29, 1.82) is 0 Å². The number of esters is 1. The SMILES string of the molecule is COCON1C(=O)C(c2c(C)cc(C)cc2C)=C(OC(=O)CC(C)(C)C)C1(C)C. The van der Waals surface area contributed by atoms with E-state index in [1.165, 1.54) is 12.2 Å². The molecule has 0 radical (unpaired) electrons. The largest absolute Gasteiger partial charge is 0.428 e. The summed E-state index contributed by atoms with van der Waals surface area (Å²) in [7, 11) is 1.49. The summed E-state index contributed by atoms with van der Waals surface area (Å²) in [5.74, 6) is -0.412. The molecule has 2 rings (SSSR count). The maximum absolute atomic E-state index is 13.4. The van der Waals surface area contributed by atoms with Gasteiger partial charge in [0.15, 0.2) is 6.79 Å². The zero-order valence-corrected chi connectivity index (χ0v) is 19.1. The van der Waals surface area contributed by atoms with Crippen molar-refractivity contribution in [3.05, 3.63) is 40.1 Å². The van der Waals surface area contributed by atoms with Gasteiger partial charge < -0.3 is 9.47 Å². The summed E-state index contributed by atoms with van der Waals surface area (Å²) < 4.78 is 10.8. The van der Waals surface area contributed by atoms with Crippen LogP contribution in [0.5, 0.6) is 0 Å². The first-order valence-corrected chi connectivity index (χ1v) is 9.79. The van der Waals surface area contributed by atoms with Gasteiger partial charge in [0.05, 0.1) is 12.0 Å². The molecule has 0 spiro atoms. The number of methoxy groups -OCH3 is 1. The molecule has 0 fully saturated rings. The number of hydrogen-bond donors (Lipinski definition) is 0. The Morgan fingerprint density at radius 3 is 2.14 bits per heavy atom. The minimum Gasteiger partial charge on any atom is -0.428 e. The van der Waals surface area contributed by atoms with Gasteiger partial charge in [0.25, 0.3) is 5.91 Å². The van der Waals surface area contributed by atoms with Crippen LogP contribution in [0.1, 0.15) is 63.3 Å². The molecule has 1 aromatic carbocycles. The third-order valence-electron chi connectivity index (χ3n) is 4.81. The maximum Gasteiger partial charge on any atom is 0.311 e. The molecular weight excluding hydrogens is 370 g/mol. The highest BCUT2D eigenvalue weighted by Gasteiger charge is 2.50. The van der Waals surface area contributed by atoms with Gasteiger partial charge in [0.2, 0.25) is 0 Å². The topological polar surface area (TPSA) is 65.1 Å². The van der Waals surface area contributed by atoms with Crippen LogP contribution in [0.2, 0.25) is 0 Å².